The van der Waals surface area contributed by atoms with E-state index in [0.717, 1.165) is 18.7 Å². The summed E-state index contributed by atoms with van der Waals surface area (Å²) >= 11 is 0. The van der Waals surface area contributed by atoms with Crippen LogP contribution in [0.25, 0.3) is 0 Å². The topological polar surface area (TPSA) is 58.2 Å². The van der Waals surface area contributed by atoms with E-state index < -0.39 is 26.1 Å². The molecule has 1 rings (SSSR count). The van der Waals surface area contributed by atoms with Gasteiger partial charge < -0.3 is 10.6 Å². The lowest BCUT2D eigenvalue weighted by molar-refractivity contribution is -0.0435. The molecule has 0 radical (unpaired) electrons. The molecule has 4 nitrogen and oxygen atoms in total. The highest BCUT2D eigenvalue weighted by Crippen LogP contribution is 2.34. The summed E-state index contributed by atoms with van der Waals surface area (Å²) in [6.45, 7) is 3.55. The molecule has 0 aliphatic rings. The second-order valence-corrected chi connectivity index (χ2v) is 6.13. The Labute approximate surface area is 120 Å². The highest BCUT2D eigenvalue weighted by atomic mass is 32.2. The number of anilines is 1. The van der Waals surface area contributed by atoms with Crippen LogP contribution in [0.3, 0.4) is 0 Å². The fourth-order valence-electron chi connectivity index (χ4n) is 1.60. The zero-order valence-electron chi connectivity index (χ0n) is 11.3. The van der Waals surface area contributed by atoms with Crippen LogP contribution in [0.1, 0.15) is 13.3 Å². The highest BCUT2D eigenvalue weighted by Gasteiger charge is 2.48. The summed E-state index contributed by atoms with van der Waals surface area (Å²) in [6, 6.07) is 2.26. The maximum absolute atomic E-state index is 13.1. The first kappa shape index (κ1) is 17.7. The molecule has 0 unspecified atom stereocenters. The highest BCUT2D eigenvalue weighted by molar-refractivity contribution is 7.92. The summed E-state index contributed by atoms with van der Waals surface area (Å²) in [4.78, 5) is -1.10. The summed E-state index contributed by atoms with van der Waals surface area (Å²) in [5, 5.41) is 5.61. The van der Waals surface area contributed by atoms with Gasteiger partial charge in [0.25, 0.3) is 9.84 Å². The van der Waals surface area contributed by atoms with Crippen molar-refractivity contribution >= 4 is 15.5 Å². The number of alkyl halides is 3. The van der Waals surface area contributed by atoms with Crippen LogP contribution in [0, 0.1) is 5.82 Å². The third-order valence-electron chi connectivity index (χ3n) is 2.63. The van der Waals surface area contributed by atoms with Crippen molar-refractivity contribution in [2.24, 2.45) is 0 Å². The van der Waals surface area contributed by atoms with Crippen LogP contribution in [0.5, 0.6) is 0 Å². The minimum absolute atomic E-state index is 0.259. The molecule has 0 fully saturated rings. The van der Waals surface area contributed by atoms with Gasteiger partial charge in [0.2, 0.25) is 0 Å². The number of halogens is 4. The molecule has 0 saturated heterocycles. The summed E-state index contributed by atoms with van der Waals surface area (Å²) in [5.41, 5.74) is -5.73. The van der Waals surface area contributed by atoms with Gasteiger partial charge in [-0.3, -0.25) is 0 Å². The van der Waals surface area contributed by atoms with E-state index in [0.29, 0.717) is 19.0 Å². The lowest BCUT2D eigenvalue weighted by atomic mass is 10.3. The standard InChI is InChI=1S/C12H16F4N2O2S/c1-2-17-6-3-7-18-10-5-4-9(13)8-11(10)21(19,20)12(14,15)16/h4-5,8,17-18H,2-3,6-7H2,1H3. The van der Waals surface area contributed by atoms with E-state index in [2.05, 4.69) is 10.6 Å². The Morgan fingerprint density at radius 3 is 2.43 bits per heavy atom. The molecule has 2 N–H and O–H groups in total. The lowest BCUT2D eigenvalue weighted by Crippen LogP contribution is -2.25. The number of nitrogens with one attached hydrogen (secondary N) is 2. The molecule has 0 aromatic heterocycles. The van der Waals surface area contributed by atoms with E-state index in [1.165, 1.54) is 0 Å². The van der Waals surface area contributed by atoms with Crippen molar-refractivity contribution in [3.63, 3.8) is 0 Å². The largest absolute Gasteiger partial charge is 0.501 e. The molecule has 120 valence electrons. The number of sulfone groups is 1. The molecular formula is C12H16F4N2O2S. The lowest BCUT2D eigenvalue weighted by Gasteiger charge is -2.14. The average Bonchev–Trinajstić information content (AvgIpc) is 2.38. The Morgan fingerprint density at radius 2 is 1.86 bits per heavy atom. The van der Waals surface area contributed by atoms with Crippen molar-refractivity contribution in [2.75, 3.05) is 25.0 Å². The van der Waals surface area contributed by atoms with E-state index in [4.69, 9.17) is 0 Å². The average molecular weight is 328 g/mol. The van der Waals surface area contributed by atoms with Crippen LogP contribution in [0.2, 0.25) is 0 Å². The molecule has 0 saturated carbocycles. The van der Waals surface area contributed by atoms with Crippen molar-refractivity contribution in [3.8, 4) is 0 Å². The van der Waals surface area contributed by atoms with Crippen molar-refractivity contribution in [1.29, 1.82) is 0 Å². The van der Waals surface area contributed by atoms with Crippen LogP contribution in [0.15, 0.2) is 23.1 Å². The van der Waals surface area contributed by atoms with Gasteiger partial charge in [0, 0.05) is 6.54 Å². The number of hydrogen-bond acceptors (Lipinski definition) is 4. The first-order valence-electron chi connectivity index (χ1n) is 6.25. The zero-order chi connectivity index (χ0) is 16.1. The molecule has 0 bridgehead atoms. The predicted molar refractivity (Wildman–Crippen MR) is 71.3 cm³/mol. The SMILES string of the molecule is CCNCCCNc1ccc(F)cc1S(=O)(=O)C(F)(F)F. The van der Waals surface area contributed by atoms with Crippen LogP contribution in [0.4, 0.5) is 23.2 Å². The van der Waals surface area contributed by atoms with Gasteiger partial charge in [-0.1, -0.05) is 6.92 Å². The van der Waals surface area contributed by atoms with Crippen molar-refractivity contribution in [3.05, 3.63) is 24.0 Å². The van der Waals surface area contributed by atoms with Gasteiger partial charge in [-0.25, -0.2) is 12.8 Å². The summed E-state index contributed by atoms with van der Waals surface area (Å²) in [7, 11) is -5.60. The Bertz CT molecular complexity index is 573. The molecule has 0 aliphatic carbocycles. The fourth-order valence-corrected chi connectivity index (χ4v) is 2.55. The molecule has 0 heterocycles. The van der Waals surface area contributed by atoms with Crippen molar-refractivity contribution in [2.45, 2.75) is 23.7 Å². The Hall–Kier alpha value is -1.35. The minimum Gasteiger partial charge on any atom is -0.384 e. The normalized spacial score (nSPS) is 12.4. The smallest absolute Gasteiger partial charge is 0.384 e. The Balaban J connectivity index is 2.96. The number of benzene rings is 1. The second kappa shape index (κ2) is 7.08. The molecular weight excluding hydrogens is 312 g/mol. The fraction of sp³-hybridized carbons (Fsp3) is 0.500. The molecule has 1 aromatic carbocycles. The van der Waals surface area contributed by atoms with Crippen LogP contribution in [-0.4, -0.2) is 33.6 Å². The molecule has 0 amide bonds. The first-order chi connectivity index (χ1) is 9.70. The molecule has 21 heavy (non-hydrogen) atoms. The maximum Gasteiger partial charge on any atom is 0.501 e. The van der Waals surface area contributed by atoms with Crippen molar-refractivity contribution < 1.29 is 26.0 Å². The van der Waals surface area contributed by atoms with Crippen LogP contribution < -0.4 is 10.6 Å². The maximum atomic E-state index is 13.1. The van der Waals surface area contributed by atoms with E-state index in [9.17, 15) is 26.0 Å². The predicted octanol–water partition coefficient (Wildman–Crippen LogP) is 2.53. The van der Waals surface area contributed by atoms with Gasteiger partial charge in [-0.15, -0.1) is 0 Å². The summed E-state index contributed by atoms with van der Waals surface area (Å²) in [5.74, 6) is -1.05. The van der Waals surface area contributed by atoms with Gasteiger partial charge in [0.1, 0.15) is 10.7 Å². The third-order valence-corrected chi connectivity index (χ3v) is 4.16. The van der Waals surface area contributed by atoms with E-state index in [1.54, 1.807) is 0 Å². The minimum atomic E-state index is -5.60. The zero-order valence-corrected chi connectivity index (χ0v) is 12.1. The first-order valence-corrected chi connectivity index (χ1v) is 7.74. The quantitative estimate of drug-likeness (QED) is 0.596. The molecule has 1 aromatic rings. The van der Waals surface area contributed by atoms with E-state index >= 15 is 0 Å². The van der Waals surface area contributed by atoms with Gasteiger partial charge in [0.05, 0.1) is 5.69 Å². The molecule has 9 heteroatoms. The summed E-state index contributed by atoms with van der Waals surface area (Å²) in [6.07, 6.45) is 0.580. The molecule has 0 aliphatic heterocycles. The van der Waals surface area contributed by atoms with Crippen LogP contribution >= 0.6 is 0 Å². The molecule has 0 atom stereocenters. The van der Waals surface area contributed by atoms with Gasteiger partial charge in [-0.05, 0) is 37.7 Å². The second-order valence-electron chi connectivity index (χ2n) is 4.22. The molecule has 0 spiro atoms. The van der Waals surface area contributed by atoms with Crippen molar-refractivity contribution in [1.82, 2.24) is 5.32 Å². The van der Waals surface area contributed by atoms with Crippen LogP contribution in [-0.2, 0) is 9.84 Å². The van der Waals surface area contributed by atoms with Gasteiger partial charge >= 0.3 is 5.51 Å². The number of rotatable bonds is 7. The third kappa shape index (κ3) is 4.57. The summed E-state index contributed by atoms with van der Waals surface area (Å²) < 4.78 is 73.6. The van der Waals surface area contributed by atoms with Gasteiger partial charge in [0.15, 0.2) is 0 Å². The van der Waals surface area contributed by atoms with Gasteiger partial charge in [-0.2, -0.15) is 13.2 Å². The Morgan fingerprint density at radius 1 is 1.19 bits per heavy atom. The number of hydrogen-bond donors (Lipinski definition) is 2. The monoisotopic (exact) mass is 328 g/mol. The Kier molecular flexibility index (Phi) is 5.97. The van der Waals surface area contributed by atoms with E-state index in [-0.39, 0.29) is 12.2 Å². The van der Waals surface area contributed by atoms with E-state index in [1.807, 2.05) is 6.92 Å².